The zero-order valence-corrected chi connectivity index (χ0v) is 20.2. The average Bonchev–Trinajstić information content (AvgIpc) is 3.46. The standard InChI is InChI=1S/C22H27N9O5/c1-13-7-9-30(10-8-13)12-16-18(25-29-31(16)21-20(23)27-36-28-21)22(33)26-24-11-15-5-4-6-17(34-3)19(15)35-14(2)32/h4-6,11,13H,7-10,12H2,1-3H3,(H2,23,27)(H,26,33). The van der Waals surface area contributed by atoms with E-state index >= 15 is 0 Å². The number of methoxy groups -OCH3 is 1. The SMILES string of the molecule is COc1cccc(C=NNC(=O)c2nnn(-c3nonc3N)c2CN2CCC(C)CC2)c1OC(C)=O. The lowest BCUT2D eigenvalue weighted by atomic mass is 9.99. The summed E-state index contributed by atoms with van der Waals surface area (Å²) < 4.78 is 16.5. The van der Waals surface area contributed by atoms with Crippen molar-refractivity contribution in [3.63, 3.8) is 0 Å². The van der Waals surface area contributed by atoms with Gasteiger partial charge in [-0.15, -0.1) is 5.10 Å². The first kappa shape index (κ1) is 24.8. The minimum atomic E-state index is -0.593. The number of hydrogen-bond donors (Lipinski definition) is 2. The van der Waals surface area contributed by atoms with Crippen LogP contribution in [0.4, 0.5) is 5.82 Å². The molecular formula is C22H27N9O5. The van der Waals surface area contributed by atoms with Crippen LogP contribution in [-0.2, 0) is 11.3 Å². The summed E-state index contributed by atoms with van der Waals surface area (Å²) in [5, 5.41) is 19.5. The van der Waals surface area contributed by atoms with Crippen molar-refractivity contribution in [3.8, 4) is 17.3 Å². The number of ether oxygens (including phenoxy) is 2. The van der Waals surface area contributed by atoms with Crippen LogP contribution in [0.2, 0.25) is 0 Å². The number of nitrogen functional groups attached to an aromatic ring is 1. The average molecular weight is 498 g/mol. The number of amides is 1. The summed E-state index contributed by atoms with van der Waals surface area (Å²) in [6.45, 7) is 5.63. The number of hydrazone groups is 1. The maximum Gasteiger partial charge on any atom is 0.308 e. The quantitative estimate of drug-likeness (QED) is 0.198. The van der Waals surface area contributed by atoms with Gasteiger partial charge in [0, 0.05) is 19.0 Å². The molecule has 0 unspecified atom stereocenters. The third-order valence-electron chi connectivity index (χ3n) is 5.77. The van der Waals surface area contributed by atoms with Gasteiger partial charge in [-0.25, -0.2) is 10.1 Å². The highest BCUT2D eigenvalue weighted by Crippen LogP contribution is 2.30. The Labute approximate surface area is 206 Å². The summed E-state index contributed by atoms with van der Waals surface area (Å²) in [4.78, 5) is 26.8. The van der Waals surface area contributed by atoms with Crippen LogP contribution in [0, 0.1) is 5.92 Å². The molecule has 2 aromatic heterocycles. The predicted octanol–water partition coefficient (Wildman–Crippen LogP) is 1.16. The Kier molecular flexibility index (Phi) is 7.53. The highest BCUT2D eigenvalue weighted by atomic mass is 16.6. The van der Waals surface area contributed by atoms with Gasteiger partial charge in [0.15, 0.2) is 17.2 Å². The minimum Gasteiger partial charge on any atom is -0.493 e. The van der Waals surface area contributed by atoms with Gasteiger partial charge in [-0.3, -0.25) is 14.5 Å². The number of nitrogens with two attached hydrogens (primary N) is 1. The number of nitrogens with zero attached hydrogens (tertiary/aromatic N) is 7. The number of nitrogens with one attached hydrogen (secondary N) is 1. The van der Waals surface area contributed by atoms with E-state index in [1.807, 2.05) is 0 Å². The van der Waals surface area contributed by atoms with Gasteiger partial charge >= 0.3 is 5.97 Å². The Morgan fingerprint density at radius 3 is 2.75 bits per heavy atom. The first-order valence-electron chi connectivity index (χ1n) is 11.3. The molecule has 0 spiro atoms. The number of carbonyl (C=O) groups is 2. The van der Waals surface area contributed by atoms with Crippen LogP contribution in [-0.4, -0.2) is 68.5 Å². The third kappa shape index (κ3) is 5.49. The van der Waals surface area contributed by atoms with Gasteiger partial charge in [-0.05, 0) is 54.3 Å². The van der Waals surface area contributed by atoms with Crippen molar-refractivity contribution in [2.24, 2.45) is 11.0 Å². The van der Waals surface area contributed by atoms with Crippen LogP contribution in [0.15, 0.2) is 27.9 Å². The van der Waals surface area contributed by atoms with Gasteiger partial charge in [0.1, 0.15) is 0 Å². The molecule has 1 saturated heterocycles. The van der Waals surface area contributed by atoms with Gasteiger partial charge in [0.05, 0.1) is 19.0 Å². The maximum absolute atomic E-state index is 13.0. The van der Waals surface area contributed by atoms with Crippen molar-refractivity contribution in [2.45, 2.75) is 33.2 Å². The number of benzene rings is 1. The molecule has 190 valence electrons. The van der Waals surface area contributed by atoms with E-state index in [0.717, 1.165) is 25.9 Å². The summed E-state index contributed by atoms with van der Waals surface area (Å²) in [5.41, 5.74) is 9.26. The largest absolute Gasteiger partial charge is 0.493 e. The van der Waals surface area contributed by atoms with Gasteiger partial charge in [-0.2, -0.15) is 9.78 Å². The van der Waals surface area contributed by atoms with Crippen molar-refractivity contribution in [1.29, 1.82) is 0 Å². The van der Waals surface area contributed by atoms with E-state index in [-0.39, 0.29) is 23.1 Å². The molecule has 36 heavy (non-hydrogen) atoms. The molecule has 0 aliphatic carbocycles. The number of carbonyl (C=O) groups excluding carboxylic acids is 2. The number of anilines is 1. The maximum atomic E-state index is 13.0. The van der Waals surface area contributed by atoms with E-state index in [4.69, 9.17) is 19.8 Å². The number of likely N-dealkylation sites (tertiary alicyclic amines) is 1. The number of piperidine rings is 1. The first-order valence-corrected chi connectivity index (χ1v) is 11.3. The smallest absolute Gasteiger partial charge is 0.308 e. The Bertz CT molecular complexity index is 1260. The van der Waals surface area contributed by atoms with E-state index < -0.39 is 11.9 Å². The normalized spacial score (nSPS) is 14.8. The zero-order valence-electron chi connectivity index (χ0n) is 20.2. The Morgan fingerprint density at radius 1 is 1.31 bits per heavy atom. The second-order valence-electron chi connectivity index (χ2n) is 8.40. The lowest BCUT2D eigenvalue weighted by molar-refractivity contribution is -0.132. The number of rotatable bonds is 8. The van der Waals surface area contributed by atoms with Crippen molar-refractivity contribution in [1.82, 2.24) is 35.6 Å². The topological polar surface area (TPSA) is 176 Å². The zero-order chi connectivity index (χ0) is 25.7. The van der Waals surface area contributed by atoms with Crippen LogP contribution in [0.1, 0.15) is 48.4 Å². The van der Waals surface area contributed by atoms with E-state index in [0.29, 0.717) is 29.5 Å². The molecule has 14 heteroatoms. The van der Waals surface area contributed by atoms with E-state index in [2.05, 4.69) is 43.0 Å². The van der Waals surface area contributed by atoms with Crippen LogP contribution in [0.25, 0.3) is 5.82 Å². The number of hydrogen-bond acceptors (Lipinski definition) is 12. The molecular weight excluding hydrogens is 470 g/mol. The fraction of sp³-hybridized carbons (Fsp3) is 0.409. The molecule has 4 rings (SSSR count). The van der Waals surface area contributed by atoms with Gasteiger partial charge in [0.25, 0.3) is 5.91 Å². The van der Waals surface area contributed by atoms with Crippen molar-refractivity contribution in [2.75, 3.05) is 25.9 Å². The highest BCUT2D eigenvalue weighted by Gasteiger charge is 2.27. The van der Waals surface area contributed by atoms with Gasteiger partial charge < -0.3 is 15.2 Å². The third-order valence-corrected chi connectivity index (χ3v) is 5.77. The van der Waals surface area contributed by atoms with Crippen LogP contribution in [0.5, 0.6) is 11.5 Å². The lowest BCUT2D eigenvalue weighted by Gasteiger charge is -2.30. The Hall–Kier alpha value is -4.33. The monoisotopic (exact) mass is 497 g/mol. The highest BCUT2D eigenvalue weighted by molar-refractivity contribution is 5.94. The summed E-state index contributed by atoms with van der Waals surface area (Å²) in [6, 6.07) is 5.01. The number of esters is 1. The minimum absolute atomic E-state index is 0.0226. The van der Waals surface area contributed by atoms with E-state index in [9.17, 15) is 9.59 Å². The summed E-state index contributed by atoms with van der Waals surface area (Å²) in [5.74, 6) is 0.233. The van der Waals surface area contributed by atoms with Crippen molar-refractivity contribution < 1.29 is 23.7 Å². The molecule has 1 aromatic carbocycles. The molecule has 1 aliphatic rings. The molecule has 1 aliphatic heterocycles. The molecule has 3 aromatic rings. The molecule has 0 bridgehead atoms. The van der Waals surface area contributed by atoms with E-state index in [1.54, 1.807) is 18.2 Å². The second-order valence-corrected chi connectivity index (χ2v) is 8.40. The second kappa shape index (κ2) is 10.9. The Morgan fingerprint density at radius 2 is 2.08 bits per heavy atom. The predicted molar refractivity (Wildman–Crippen MR) is 127 cm³/mol. The number of aromatic nitrogens is 5. The summed E-state index contributed by atoms with van der Waals surface area (Å²) in [6.07, 6.45) is 3.44. The molecule has 1 fully saturated rings. The first-order chi connectivity index (χ1) is 17.4. The Balaban J connectivity index is 1.57. The van der Waals surface area contributed by atoms with Crippen molar-refractivity contribution in [3.05, 3.63) is 35.2 Å². The molecule has 3 heterocycles. The molecule has 14 nitrogen and oxygen atoms in total. The van der Waals surface area contributed by atoms with Gasteiger partial charge in [-0.1, -0.05) is 18.2 Å². The molecule has 0 atom stereocenters. The van der Waals surface area contributed by atoms with Gasteiger partial charge in [0.2, 0.25) is 11.6 Å². The summed E-state index contributed by atoms with van der Waals surface area (Å²) in [7, 11) is 1.45. The molecule has 0 radical (unpaired) electrons. The van der Waals surface area contributed by atoms with Crippen LogP contribution < -0.4 is 20.6 Å². The van der Waals surface area contributed by atoms with Crippen LogP contribution >= 0.6 is 0 Å². The molecule has 3 N–H and O–H groups in total. The fourth-order valence-corrected chi connectivity index (χ4v) is 3.82. The van der Waals surface area contributed by atoms with E-state index in [1.165, 1.54) is 24.9 Å². The molecule has 0 saturated carbocycles. The molecule has 1 amide bonds. The fourth-order valence-electron chi connectivity index (χ4n) is 3.82. The van der Waals surface area contributed by atoms with Crippen molar-refractivity contribution >= 4 is 23.9 Å². The summed E-state index contributed by atoms with van der Waals surface area (Å²) >= 11 is 0. The van der Waals surface area contributed by atoms with Crippen LogP contribution in [0.3, 0.4) is 0 Å². The lowest BCUT2D eigenvalue weighted by Crippen LogP contribution is -2.34. The number of para-hydroxylation sites is 1.